The molecule has 3 heterocycles. The van der Waals surface area contributed by atoms with Gasteiger partial charge in [-0.25, -0.2) is 9.78 Å². The van der Waals surface area contributed by atoms with E-state index in [1.54, 1.807) is 4.90 Å². The Labute approximate surface area is 164 Å². The minimum absolute atomic E-state index is 0.00245. The third kappa shape index (κ3) is 3.69. The zero-order valence-electron chi connectivity index (χ0n) is 16.6. The number of carbonyl (C=O) groups excluding carboxylic acids is 2. The summed E-state index contributed by atoms with van der Waals surface area (Å²) in [6.07, 6.45) is 0. The molecule has 1 aromatic carbocycles. The van der Waals surface area contributed by atoms with Gasteiger partial charge in [0.1, 0.15) is 11.6 Å². The molecule has 0 radical (unpaired) electrons. The molecule has 2 aliphatic rings. The standard InChI is InChI=1S/C20H27N5O3/c1-20(2,3)13-4-5-16-14(10-13)23-17(28-16)11-22-19(27)25-9-8-24-7-6-21-18(26)15(24)12-25/h4-5,10,15H,6-9,11-12H2,1-3H3,(H,21,26)(H,22,27)/t15-/m1/s1. The second-order valence-corrected chi connectivity index (χ2v) is 8.49. The zero-order valence-corrected chi connectivity index (χ0v) is 16.6. The maximum Gasteiger partial charge on any atom is 0.317 e. The van der Waals surface area contributed by atoms with Crippen molar-refractivity contribution in [2.24, 2.45) is 0 Å². The van der Waals surface area contributed by atoms with Crippen molar-refractivity contribution in [1.29, 1.82) is 0 Å². The van der Waals surface area contributed by atoms with Crippen LogP contribution in [0.2, 0.25) is 0 Å². The predicted molar refractivity (Wildman–Crippen MR) is 105 cm³/mol. The average molecular weight is 385 g/mol. The number of benzene rings is 1. The highest BCUT2D eigenvalue weighted by molar-refractivity contribution is 5.84. The summed E-state index contributed by atoms with van der Waals surface area (Å²) < 4.78 is 5.76. The van der Waals surface area contributed by atoms with Crippen molar-refractivity contribution in [2.45, 2.75) is 38.8 Å². The van der Waals surface area contributed by atoms with Gasteiger partial charge in [-0.2, -0.15) is 0 Å². The molecular formula is C20H27N5O3. The van der Waals surface area contributed by atoms with Gasteiger partial charge in [-0.1, -0.05) is 26.8 Å². The summed E-state index contributed by atoms with van der Waals surface area (Å²) in [5.41, 5.74) is 2.73. The third-order valence-corrected chi connectivity index (χ3v) is 5.47. The summed E-state index contributed by atoms with van der Waals surface area (Å²) in [6, 6.07) is 5.55. The Morgan fingerprint density at radius 2 is 2.14 bits per heavy atom. The van der Waals surface area contributed by atoms with Gasteiger partial charge >= 0.3 is 6.03 Å². The van der Waals surface area contributed by atoms with Gasteiger partial charge in [0.25, 0.3) is 0 Å². The van der Waals surface area contributed by atoms with Gasteiger partial charge in [-0.05, 0) is 23.1 Å². The molecule has 1 atom stereocenters. The second-order valence-electron chi connectivity index (χ2n) is 8.49. The molecule has 2 saturated heterocycles. The number of rotatable bonds is 2. The highest BCUT2D eigenvalue weighted by atomic mass is 16.3. The molecule has 0 unspecified atom stereocenters. The monoisotopic (exact) mass is 385 g/mol. The number of fused-ring (bicyclic) bond motifs is 2. The van der Waals surface area contributed by atoms with Gasteiger partial charge in [0, 0.05) is 32.7 Å². The molecule has 1 aromatic heterocycles. The number of piperazine rings is 2. The van der Waals surface area contributed by atoms with Crippen LogP contribution in [0.1, 0.15) is 32.2 Å². The fourth-order valence-corrected chi connectivity index (χ4v) is 3.74. The molecule has 3 amide bonds. The van der Waals surface area contributed by atoms with E-state index >= 15 is 0 Å². The van der Waals surface area contributed by atoms with Crippen molar-refractivity contribution < 1.29 is 14.0 Å². The molecule has 8 heteroatoms. The first-order chi connectivity index (χ1) is 13.3. The van der Waals surface area contributed by atoms with E-state index in [-0.39, 0.29) is 29.9 Å². The average Bonchev–Trinajstić information content (AvgIpc) is 3.07. The van der Waals surface area contributed by atoms with E-state index in [4.69, 9.17) is 4.42 Å². The van der Waals surface area contributed by atoms with Crippen molar-refractivity contribution in [3.8, 4) is 0 Å². The Bertz CT molecular complexity index is 901. The van der Waals surface area contributed by atoms with Crippen molar-refractivity contribution >= 4 is 23.0 Å². The number of oxazole rings is 1. The second kappa shape index (κ2) is 7.09. The molecule has 0 bridgehead atoms. The number of urea groups is 1. The predicted octanol–water partition coefficient (Wildman–Crippen LogP) is 1.45. The third-order valence-electron chi connectivity index (χ3n) is 5.47. The Morgan fingerprint density at radius 1 is 1.32 bits per heavy atom. The van der Waals surface area contributed by atoms with Gasteiger partial charge in [0.05, 0.1) is 6.54 Å². The van der Waals surface area contributed by atoms with E-state index in [1.165, 1.54) is 5.56 Å². The summed E-state index contributed by atoms with van der Waals surface area (Å²) in [5.74, 6) is 0.473. The van der Waals surface area contributed by atoms with Crippen molar-refractivity contribution in [3.63, 3.8) is 0 Å². The topological polar surface area (TPSA) is 90.7 Å². The normalized spacial score (nSPS) is 20.8. The van der Waals surface area contributed by atoms with E-state index in [2.05, 4.69) is 41.3 Å². The van der Waals surface area contributed by atoms with Crippen LogP contribution in [0.3, 0.4) is 0 Å². The molecule has 0 saturated carbocycles. The maximum absolute atomic E-state index is 12.5. The van der Waals surface area contributed by atoms with Gasteiger partial charge in [0.2, 0.25) is 11.8 Å². The summed E-state index contributed by atoms with van der Waals surface area (Å²) >= 11 is 0. The van der Waals surface area contributed by atoms with Gasteiger partial charge in [-0.15, -0.1) is 0 Å². The Hall–Kier alpha value is -2.61. The van der Waals surface area contributed by atoms with Crippen LogP contribution < -0.4 is 10.6 Å². The number of hydrogen-bond donors (Lipinski definition) is 2. The first-order valence-corrected chi connectivity index (χ1v) is 9.76. The lowest BCUT2D eigenvalue weighted by molar-refractivity contribution is -0.131. The lowest BCUT2D eigenvalue weighted by Crippen LogP contribution is -2.65. The van der Waals surface area contributed by atoms with Crippen LogP contribution in [-0.2, 0) is 16.8 Å². The largest absolute Gasteiger partial charge is 0.439 e. The van der Waals surface area contributed by atoms with Crippen molar-refractivity contribution in [2.75, 3.05) is 32.7 Å². The molecule has 2 N–H and O–H groups in total. The smallest absolute Gasteiger partial charge is 0.317 e. The van der Waals surface area contributed by atoms with Gasteiger partial charge < -0.3 is 20.0 Å². The summed E-state index contributed by atoms with van der Waals surface area (Å²) in [4.78, 5) is 32.9. The fraction of sp³-hybridized carbons (Fsp3) is 0.550. The van der Waals surface area contributed by atoms with Crippen LogP contribution in [0.4, 0.5) is 4.79 Å². The summed E-state index contributed by atoms with van der Waals surface area (Å²) in [7, 11) is 0. The molecular weight excluding hydrogens is 358 g/mol. The van der Waals surface area contributed by atoms with Crippen LogP contribution in [0.25, 0.3) is 11.1 Å². The minimum atomic E-state index is -0.256. The SMILES string of the molecule is CC(C)(C)c1ccc2oc(CNC(=O)N3CCN4CCNC(=O)[C@H]4C3)nc2c1. The highest BCUT2D eigenvalue weighted by Gasteiger charge is 2.36. The van der Waals surface area contributed by atoms with E-state index < -0.39 is 0 Å². The molecule has 2 aromatic rings. The summed E-state index contributed by atoms with van der Waals surface area (Å²) in [6.45, 7) is 9.92. The molecule has 0 aliphatic carbocycles. The van der Waals surface area contributed by atoms with Crippen LogP contribution in [0.5, 0.6) is 0 Å². The molecule has 4 rings (SSSR count). The van der Waals surface area contributed by atoms with Crippen LogP contribution >= 0.6 is 0 Å². The molecule has 2 aliphatic heterocycles. The summed E-state index contributed by atoms with van der Waals surface area (Å²) in [5, 5.41) is 5.73. The van der Waals surface area contributed by atoms with E-state index in [1.807, 2.05) is 18.2 Å². The lowest BCUT2D eigenvalue weighted by Gasteiger charge is -2.42. The number of amides is 3. The van der Waals surface area contributed by atoms with E-state index in [0.29, 0.717) is 37.7 Å². The first kappa shape index (κ1) is 18.7. The Morgan fingerprint density at radius 3 is 2.93 bits per heavy atom. The number of nitrogens with zero attached hydrogens (tertiary/aromatic N) is 3. The number of carbonyl (C=O) groups is 2. The van der Waals surface area contributed by atoms with Crippen molar-refractivity contribution in [3.05, 3.63) is 29.7 Å². The molecule has 8 nitrogen and oxygen atoms in total. The van der Waals surface area contributed by atoms with Crippen LogP contribution in [0.15, 0.2) is 22.6 Å². The first-order valence-electron chi connectivity index (χ1n) is 9.76. The number of aromatic nitrogens is 1. The number of hydrogen-bond acceptors (Lipinski definition) is 5. The molecule has 150 valence electrons. The molecule has 0 spiro atoms. The molecule has 2 fully saturated rings. The van der Waals surface area contributed by atoms with Crippen LogP contribution in [0, 0.1) is 0 Å². The van der Waals surface area contributed by atoms with Gasteiger partial charge in [0.15, 0.2) is 5.58 Å². The lowest BCUT2D eigenvalue weighted by atomic mass is 9.87. The van der Waals surface area contributed by atoms with Crippen molar-refractivity contribution in [1.82, 2.24) is 25.4 Å². The van der Waals surface area contributed by atoms with E-state index in [9.17, 15) is 9.59 Å². The Kier molecular flexibility index (Phi) is 4.74. The Balaban J connectivity index is 1.39. The highest BCUT2D eigenvalue weighted by Crippen LogP contribution is 2.26. The zero-order chi connectivity index (χ0) is 19.9. The minimum Gasteiger partial charge on any atom is -0.439 e. The van der Waals surface area contributed by atoms with Crippen LogP contribution in [-0.4, -0.2) is 65.5 Å². The quantitative estimate of drug-likeness (QED) is 0.817. The van der Waals surface area contributed by atoms with Gasteiger partial charge in [-0.3, -0.25) is 9.69 Å². The molecule has 28 heavy (non-hydrogen) atoms. The number of nitrogens with one attached hydrogen (secondary N) is 2. The fourth-order valence-electron chi connectivity index (χ4n) is 3.74. The van der Waals surface area contributed by atoms with E-state index in [0.717, 1.165) is 12.1 Å². The maximum atomic E-state index is 12.5.